The number of carbonyl (C=O) groups excluding carboxylic acids is 2. The molecule has 2 unspecified atom stereocenters. The van der Waals surface area contributed by atoms with Gasteiger partial charge in [-0.2, -0.15) is 0 Å². The van der Waals surface area contributed by atoms with Gasteiger partial charge < -0.3 is 20.3 Å². The summed E-state index contributed by atoms with van der Waals surface area (Å²) in [5, 5.41) is 23.4. The maximum Gasteiger partial charge on any atom is 0.305 e. The Labute approximate surface area is 552 Å². The number of aliphatic hydroxyl groups excluding tert-OH is 2. The zero-order valence-electron chi connectivity index (χ0n) is 60.3. The smallest absolute Gasteiger partial charge is 0.305 e. The molecule has 6 heteroatoms. The van der Waals surface area contributed by atoms with Crippen LogP contribution in [0.3, 0.4) is 0 Å². The number of esters is 1. The molecule has 524 valence electrons. The quantitative estimate of drug-likeness (QED) is 0.0320. The predicted molar refractivity (Wildman–Crippen MR) is 389 cm³/mol. The van der Waals surface area contributed by atoms with Crippen molar-refractivity contribution in [3.05, 3.63) is 12.2 Å². The standard InChI is InChI=1S/C82H161NO5/c1-3-5-7-9-11-13-15-17-19-21-42-46-50-54-58-62-66-70-74-80(85)79(78-84)83-81(86)75-71-67-63-59-55-51-47-43-40-38-36-34-32-30-28-26-24-23-25-27-29-31-33-35-37-39-41-45-49-53-57-61-65-69-73-77-88-82(87)76-72-68-64-60-56-52-48-44-22-20-18-16-14-12-10-8-6-4-2/h20,22,79-80,84-85H,3-19,21,23-78H2,1-2H3,(H,83,86)/b22-20-. The average molecular weight is 1240 g/mol. The number of unbranched alkanes of at least 4 members (excludes halogenated alkanes) is 65. The molecule has 0 aromatic carbocycles. The molecule has 0 aliphatic rings. The Hall–Kier alpha value is -1.40. The monoisotopic (exact) mass is 1240 g/mol. The average Bonchev–Trinajstić information content (AvgIpc) is 3.58. The van der Waals surface area contributed by atoms with Crippen LogP contribution in [0.2, 0.25) is 0 Å². The number of nitrogens with one attached hydrogen (secondary N) is 1. The first-order valence-electron chi connectivity index (χ1n) is 40.9. The highest BCUT2D eigenvalue weighted by Crippen LogP contribution is 2.21. The van der Waals surface area contributed by atoms with Crippen LogP contribution >= 0.6 is 0 Å². The summed E-state index contributed by atoms with van der Waals surface area (Å²) in [6.07, 6.45) is 98.9. The Morgan fingerprint density at radius 1 is 0.307 bits per heavy atom. The summed E-state index contributed by atoms with van der Waals surface area (Å²) in [5.41, 5.74) is 0. The fourth-order valence-corrected chi connectivity index (χ4v) is 13.3. The Bertz CT molecular complexity index is 1340. The molecule has 2 atom stereocenters. The van der Waals surface area contributed by atoms with Crippen molar-refractivity contribution in [2.24, 2.45) is 0 Å². The van der Waals surface area contributed by atoms with Crippen molar-refractivity contribution in [1.82, 2.24) is 5.32 Å². The molecule has 0 fully saturated rings. The lowest BCUT2D eigenvalue weighted by Gasteiger charge is -2.22. The molecule has 0 saturated heterocycles. The van der Waals surface area contributed by atoms with E-state index >= 15 is 0 Å². The van der Waals surface area contributed by atoms with Gasteiger partial charge in [-0.1, -0.05) is 424 Å². The van der Waals surface area contributed by atoms with E-state index in [1.54, 1.807) is 0 Å². The van der Waals surface area contributed by atoms with Crippen LogP contribution in [0, 0.1) is 0 Å². The van der Waals surface area contributed by atoms with Gasteiger partial charge in [-0.05, 0) is 51.4 Å². The third kappa shape index (κ3) is 73.6. The van der Waals surface area contributed by atoms with E-state index in [0.29, 0.717) is 25.9 Å². The molecule has 0 heterocycles. The second-order valence-corrected chi connectivity index (χ2v) is 28.5. The van der Waals surface area contributed by atoms with Crippen LogP contribution in [0.4, 0.5) is 0 Å². The van der Waals surface area contributed by atoms with Gasteiger partial charge in [-0.15, -0.1) is 0 Å². The second-order valence-electron chi connectivity index (χ2n) is 28.5. The summed E-state index contributed by atoms with van der Waals surface area (Å²) in [5.74, 6) is -0.00355. The minimum Gasteiger partial charge on any atom is -0.466 e. The van der Waals surface area contributed by atoms with Crippen molar-refractivity contribution in [2.75, 3.05) is 13.2 Å². The predicted octanol–water partition coefficient (Wildman–Crippen LogP) is 27.1. The van der Waals surface area contributed by atoms with Gasteiger partial charge in [-0.3, -0.25) is 9.59 Å². The molecule has 0 bridgehead atoms. The highest BCUT2D eigenvalue weighted by Gasteiger charge is 2.20. The first-order chi connectivity index (χ1) is 43.5. The van der Waals surface area contributed by atoms with E-state index in [4.69, 9.17) is 4.74 Å². The van der Waals surface area contributed by atoms with Crippen molar-refractivity contribution < 1.29 is 24.5 Å². The molecular formula is C82H161NO5. The lowest BCUT2D eigenvalue weighted by molar-refractivity contribution is -0.143. The SMILES string of the molecule is CCCCCCCCC/C=C\CCCCCCCCCC(=O)OCCCCCCCCCCCCCCCCCCCCCCCCCCCCCCCCCCCCCC(=O)NC(CO)C(O)CCCCCCCCCCCCCCCCCCCC. The van der Waals surface area contributed by atoms with Crippen LogP contribution in [0.15, 0.2) is 12.2 Å². The number of aliphatic hydroxyl groups is 2. The number of amides is 1. The Balaban J connectivity index is 3.30. The summed E-state index contributed by atoms with van der Waals surface area (Å²) in [6, 6.07) is -0.537. The summed E-state index contributed by atoms with van der Waals surface area (Å²) in [6.45, 7) is 5.01. The van der Waals surface area contributed by atoms with Gasteiger partial charge in [0.15, 0.2) is 0 Å². The number of hydrogen-bond donors (Lipinski definition) is 3. The molecule has 1 amide bonds. The van der Waals surface area contributed by atoms with Crippen LogP contribution < -0.4 is 5.32 Å². The summed E-state index contributed by atoms with van der Waals surface area (Å²) in [4.78, 5) is 24.7. The molecule has 0 aromatic heterocycles. The molecule has 0 rings (SSSR count). The number of allylic oxidation sites excluding steroid dienone is 2. The minimum absolute atomic E-state index is 0.0210. The molecular weight excluding hydrogens is 1080 g/mol. The highest BCUT2D eigenvalue weighted by atomic mass is 16.5. The molecule has 0 spiro atoms. The number of ether oxygens (including phenoxy) is 1. The molecule has 0 saturated carbocycles. The van der Waals surface area contributed by atoms with Gasteiger partial charge in [0.2, 0.25) is 5.91 Å². The zero-order valence-corrected chi connectivity index (χ0v) is 60.3. The Kier molecular flexibility index (Phi) is 76.8. The maximum absolute atomic E-state index is 12.6. The molecule has 0 aromatic rings. The molecule has 0 aliphatic heterocycles. The van der Waals surface area contributed by atoms with E-state index < -0.39 is 12.1 Å². The van der Waals surface area contributed by atoms with Crippen molar-refractivity contribution in [3.8, 4) is 0 Å². The lowest BCUT2D eigenvalue weighted by Crippen LogP contribution is -2.45. The fraction of sp³-hybridized carbons (Fsp3) is 0.951. The molecule has 88 heavy (non-hydrogen) atoms. The number of carbonyl (C=O) groups is 2. The van der Waals surface area contributed by atoms with Gasteiger partial charge in [0.1, 0.15) is 0 Å². The summed E-state index contributed by atoms with van der Waals surface area (Å²) >= 11 is 0. The van der Waals surface area contributed by atoms with Crippen LogP contribution in [-0.2, 0) is 14.3 Å². The minimum atomic E-state index is -0.660. The normalized spacial score (nSPS) is 12.5. The maximum atomic E-state index is 12.6. The van der Waals surface area contributed by atoms with Crippen LogP contribution in [0.25, 0.3) is 0 Å². The van der Waals surface area contributed by atoms with Crippen molar-refractivity contribution >= 4 is 11.9 Å². The molecule has 0 radical (unpaired) electrons. The van der Waals surface area contributed by atoms with Gasteiger partial charge in [0.25, 0.3) is 0 Å². The third-order valence-electron chi connectivity index (χ3n) is 19.6. The second kappa shape index (κ2) is 78.0. The van der Waals surface area contributed by atoms with E-state index in [2.05, 4.69) is 31.3 Å². The van der Waals surface area contributed by atoms with Crippen molar-refractivity contribution in [1.29, 1.82) is 0 Å². The van der Waals surface area contributed by atoms with E-state index in [9.17, 15) is 19.8 Å². The van der Waals surface area contributed by atoms with Crippen LogP contribution in [0.1, 0.15) is 476 Å². The molecule has 0 aliphatic carbocycles. The van der Waals surface area contributed by atoms with Crippen LogP contribution in [-0.4, -0.2) is 47.4 Å². The molecule has 6 nitrogen and oxygen atoms in total. The fourth-order valence-electron chi connectivity index (χ4n) is 13.3. The number of hydrogen-bond acceptors (Lipinski definition) is 5. The van der Waals surface area contributed by atoms with Gasteiger partial charge in [0, 0.05) is 12.8 Å². The summed E-state index contributed by atoms with van der Waals surface area (Å²) < 4.78 is 5.52. The van der Waals surface area contributed by atoms with E-state index in [0.717, 1.165) is 38.5 Å². The largest absolute Gasteiger partial charge is 0.466 e. The zero-order chi connectivity index (χ0) is 63.5. The topological polar surface area (TPSA) is 95.9 Å². The first-order valence-corrected chi connectivity index (χ1v) is 40.9. The van der Waals surface area contributed by atoms with Gasteiger partial charge >= 0.3 is 5.97 Å². The third-order valence-corrected chi connectivity index (χ3v) is 19.6. The summed E-state index contributed by atoms with van der Waals surface area (Å²) in [7, 11) is 0. The van der Waals surface area contributed by atoms with E-state index in [1.807, 2.05) is 0 Å². The first kappa shape index (κ1) is 86.6. The van der Waals surface area contributed by atoms with E-state index in [1.165, 1.54) is 405 Å². The van der Waals surface area contributed by atoms with Crippen LogP contribution in [0.5, 0.6) is 0 Å². The molecule has 3 N–H and O–H groups in total. The Morgan fingerprint density at radius 3 is 0.807 bits per heavy atom. The lowest BCUT2D eigenvalue weighted by atomic mass is 10.0. The van der Waals surface area contributed by atoms with Crippen molar-refractivity contribution in [2.45, 2.75) is 488 Å². The Morgan fingerprint density at radius 2 is 0.534 bits per heavy atom. The van der Waals surface area contributed by atoms with Gasteiger partial charge in [0.05, 0.1) is 25.4 Å². The van der Waals surface area contributed by atoms with Crippen molar-refractivity contribution in [3.63, 3.8) is 0 Å². The van der Waals surface area contributed by atoms with Gasteiger partial charge in [-0.25, -0.2) is 0 Å². The van der Waals surface area contributed by atoms with E-state index in [-0.39, 0.29) is 18.5 Å². The number of rotatable bonds is 78. The highest BCUT2D eigenvalue weighted by molar-refractivity contribution is 5.76.